The number of hydrogen-bond donors (Lipinski definition) is 1. The number of nitrogens with zero attached hydrogens (tertiary/aromatic N) is 2. The molecule has 102 valence electrons. The summed E-state index contributed by atoms with van der Waals surface area (Å²) in [6.07, 6.45) is 1.03. The molecule has 18 heavy (non-hydrogen) atoms. The Balaban J connectivity index is 3.19. The summed E-state index contributed by atoms with van der Waals surface area (Å²) in [6, 6.07) is 1.51. The summed E-state index contributed by atoms with van der Waals surface area (Å²) in [4.78, 5) is 13.6. The van der Waals surface area contributed by atoms with Crippen LogP contribution in [0.5, 0.6) is 5.75 Å². The number of pyridine rings is 1. The molecule has 0 aliphatic heterocycles. The van der Waals surface area contributed by atoms with Gasteiger partial charge < -0.3 is 14.6 Å². The van der Waals surface area contributed by atoms with Crippen molar-refractivity contribution in [2.45, 2.75) is 40.3 Å². The molecule has 0 saturated carbocycles. The van der Waals surface area contributed by atoms with E-state index in [-0.39, 0.29) is 11.2 Å². The van der Waals surface area contributed by atoms with Crippen LogP contribution in [-0.4, -0.2) is 28.7 Å². The number of aromatic hydroxyl groups is 1. The van der Waals surface area contributed by atoms with Crippen molar-refractivity contribution in [1.29, 1.82) is 0 Å². The second-order valence-electron chi connectivity index (χ2n) is 5.52. The van der Waals surface area contributed by atoms with Crippen molar-refractivity contribution >= 4 is 0 Å². The minimum absolute atomic E-state index is 0.113. The average molecular weight is 252 g/mol. The first-order valence-corrected chi connectivity index (χ1v) is 6.40. The van der Waals surface area contributed by atoms with Gasteiger partial charge in [-0.15, -0.1) is 0 Å². The molecule has 4 nitrogen and oxygen atoms in total. The summed E-state index contributed by atoms with van der Waals surface area (Å²) < 4.78 is 2.05. The summed E-state index contributed by atoms with van der Waals surface area (Å²) in [6.45, 7) is 7.66. The van der Waals surface area contributed by atoms with E-state index < -0.39 is 0 Å². The summed E-state index contributed by atoms with van der Waals surface area (Å²) in [7, 11) is 3.86. The molecular formula is C14H24N2O2. The monoisotopic (exact) mass is 252 g/mol. The second kappa shape index (κ2) is 6.05. The van der Waals surface area contributed by atoms with E-state index in [9.17, 15) is 9.90 Å². The molecular weight excluding hydrogens is 228 g/mol. The second-order valence-corrected chi connectivity index (χ2v) is 5.52. The molecule has 0 fully saturated rings. The van der Waals surface area contributed by atoms with Crippen molar-refractivity contribution in [3.8, 4) is 5.75 Å². The molecule has 0 aliphatic carbocycles. The average Bonchev–Trinajstić information content (AvgIpc) is 2.24. The molecule has 1 aromatic heterocycles. The molecule has 1 rings (SSSR count). The normalized spacial score (nSPS) is 11.5. The zero-order valence-electron chi connectivity index (χ0n) is 12.0. The summed E-state index contributed by atoms with van der Waals surface area (Å²) in [5.74, 6) is 0.483. The van der Waals surface area contributed by atoms with Crippen LogP contribution in [0.4, 0.5) is 0 Å². The Morgan fingerprint density at radius 1 is 1.39 bits per heavy atom. The van der Waals surface area contributed by atoms with E-state index in [0.29, 0.717) is 18.2 Å². The highest BCUT2D eigenvalue weighted by Crippen LogP contribution is 2.17. The van der Waals surface area contributed by atoms with Gasteiger partial charge in [-0.1, -0.05) is 13.8 Å². The van der Waals surface area contributed by atoms with Gasteiger partial charge in [0.05, 0.1) is 5.69 Å². The molecule has 0 saturated heterocycles. The van der Waals surface area contributed by atoms with Crippen LogP contribution in [0.2, 0.25) is 0 Å². The third kappa shape index (κ3) is 3.60. The molecule has 0 spiro atoms. The summed E-state index contributed by atoms with van der Waals surface area (Å²) >= 11 is 0. The molecule has 0 aromatic carbocycles. The van der Waals surface area contributed by atoms with E-state index >= 15 is 0 Å². The highest BCUT2D eigenvalue weighted by Gasteiger charge is 2.13. The first-order valence-electron chi connectivity index (χ1n) is 6.40. The Labute approximate surface area is 109 Å². The van der Waals surface area contributed by atoms with Crippen LogP contribution in [0.1, 0.15) is 31.7 Å². The van der Waals surface area contributed by atoms with Gasteiger partial charge in [0.2, 0.25) is 5.43 Å². The lowest BCUT2D eigenvalue weighted by Crippen LogP contribution is -2.22. The lowest BCUT2D eigenvalue weighted by atomic mass is 10.1. The number of rotatable bonds is 5. The molecule has 0 amide bonds. The van der Waals surface area contributed by atoms with Crippen molar-refractivity contribution in [3.63, 3.8) is 0 Å². The molecule has 1 N–H and O–H groups in total. The molecule has 0 radical (unpaired) electrons. The molecule has 0 aliphatic rings. The van der Waals surface area contributed by atoms with Crippen LogP contribution in [0.25, 0.3) is 0 Å². The van der Waals surface area contributed by atoms with Crippen molar-refractivity contribution in [3.05, 3.63) is 27.7 Å². The lowest BCUT2D eigenvalue weighted by molar-refractivity contribution is 0.357. The molecule has 1 heterocycles. The lowest BCUT2D eigenvalue weighted by Gasteiger charge is -2.21. The number of aryl methyl sites for hydroxylation is 1. The predicted octanol–water partition coefficient (Wildman–Crippen LogP) is 1.97. The van der Waals surface area contributed by atoms with E-state index in [1.54, 1.807) is 0 Å². The Morgan fingerprint density at radius 2 is 2.00 bits per heavy atom. The van der Waals surface area contributed by atoms with Crippen LogP contribution < -0.4 is 5.43 Å². The van der Waals surface area contributed by atoms with Gasteiger partial charge in [-0.05, 0) is 33.4 Å². The van der Waals surface area contributed by atoms with Crippen LogP contribution >= 0.6 is 0 Å². The molecule has 1 aromatic rings. The quantitative estimate of drug-likeness (QED) is 0.871. The minimum atomic E-state index is -0.287. The first kappa shape index (κ1) is 14.8. The molecule has 0 bridgehead atoms. The van der Waals surface area contributed by atoms with Gasteiger partial charge in [0.15, 0.2) is 5.75 Å². The Morgan fingerprint density at radius 3 is 2.50 bits per heavy atom. The van der Waals surface area contributed by atoms with Crippen molar-refractivity contribution in [1.82, 2.24) is 9.47 Å². The van der Waals surface area contributed by atoms with Gasteiger partial charge in [-0.2, -0.15) is 0 Å². The predicted molar refractivity (Wildman–Crippen MR) is 73.9 cm³/mol. The fraction of sp³-hybridized carbons (Fsp3) is 0.643. The highest BCUT2D eigenvalue weighted by molar-refractivity contribution is 5.29. The van der Waals surface area contributed by atoms with E-state index in [4.69, 9.17) is 0 Å². The minimum Gasteiger partial charge on any atom is -0.503 e. The van der Waals surface area contributed by atoms with Crippen molar-refractivity contribution in [2.24, 2.45) is 5.92 Å². The number of hydrogen-bond acceptors (Lipinski definition) is 3. The fourth-order valence-electron chi connectivity index (χ4n) is 1.98. The maximum atomic E-state index is 11.7. The van der Waals surface area contributed by atoms with Crippen LogP contribution in [0.3, 0.4) is 0 Å². The summed E-state index contributed by atoms with van der Waals surface area (Å²) in [5, 5.41) is 9.96. The molecule has 0 unspecified atom stereocenters. The zero-order chi connectivity index (χ0) is 13.9. The number of aromatic nitrogens is 1. The SMILES string of the molecule is Cc1cc(=O)c(O)c(CN(C)C)n1CCC(C)C. The van der Waals surface area contributed by atoms with Crippen molar-refractivity contribution < 1.29 is 5.11 Å². The Hall–Kier alpha value is -1.29. The van der Waals surface area contributed by atoms with Gasteiger partial charge in [0, 0.05) is 24.8 Å². The van der Waals surface area contributed by atoms with E-state index in [0.717, 1.165) is 18.7 Å². The molecule has 0 atom stereocenters. The topological polar surface area (TPSA) is 45.5 Å². The van der Waals surface area contributed by atoms with E-state index in [2.05, 4.69) is 18.4 Å². The van der Waals surface area contributed by atoms with Gasteiger partial charge in [-0.3, -0.25) is 4.79 Å². The van der Waals surface area contributed by atoms with Gasteiger partial charge >= 0.3 is 0 Å². The maximum absolute atomic E-state index is 11.7. The van der Waals surface area contributed by atoms with Gasteiger partial charge in [-0.25, -0.2) is 0 Å². The largest absolute Gasteiger partial charge is 0.503 e. The summed E-state index contributed by atoms with van der Waals surface area (Å²) in [5.41, 5.74) is 1.34. The third-order valence-corrected chi connectivity index (χ3v) is 2.99. The highest BCUT2D eigenvalue weighted by atomic mass is 16.3. The first-order chi connectivity index (χ1) is 8.32. The Bertz CT molecular complexity index is 462. The van der Waals surface area contributed by atoms with E-state index in [1.807, 2.05) is 25.9 Å². The maximum Gasteiger partial charge on any atom is 0.223 e. The Kier molecular flexibility index (Phi) is 4.96. The molecule has 4 heteroatoms. The third-order valence-electron chi connectivity index (χ3n) is 2.99. The van der Waals surface area contributed by atoms with Crippen LogP contribution in [-0.2, 0) is 13.1 Å². The smallest absolute Gasteiger partial charge is 0.223 e. The van der Waals surface area contributed by atoms with Gasteiger partial charge in [0.1, 0.15) is 0 Å². The zero-order valence-corrected chi connectivity index (χ0v) is 12.0. The van der Waals surface area contributed by atoms with E-state index in [1.165, 1.54) is 6.07 Å². The fourth-order valence-corrected chi connectivity index (χ4v) is 1.98. The van der Waals surface area contributed by atoms with Crippen LogP contribution in [0, 0.1) is 12.8 Å². The van der Waals surface area contributed by atoms with Crippen LogP contribution in [0.15, 0.2) is 10.9 Å². The van der Waals surface area contributed by atoms with Gasteiger partial charge in [0.25, 0.3) is 0 Å². The standard InChI is InChI=1S/C14H24N2O2/c1-10(2)6-7-16-11(3)8-13(17)14(18)12(16)9-15(4)5/h8,10,18H,6-7,9H2,1-5H3. The van der Waals surface area contributed by atoms with Crippen molar-refractivity contribution in [2.75, 3.05) is 14.1 Å².